The Balaban J connectivity index is 1.58. The standard InChI is InChI=1S/C28H28FN5O6S3/c1-5-39-26(37)21-15(3)22(27(38)40-6-2)43-25(21)31-23(35)16(4)42-28-33-32-20(14-30-24(36)19-8-7-13-41-19)34(28)18-11-9-17(29)10-12-18/h7-13,16H,5-6,14H2,1-4H3,(H,30,36)(H,31,35)/t16-/m0/s1. The lowest BCUT2D eigenvalue weighted by atomic mass is 10.1. The molecule has 0 aliphatic rings. The van der Waals surface area contributed by atoms with E-state index in [1.807, 2.05) is 0 Å². The number of thioether (sulfide) groups is 1. The maximum atomic E-state index is 13.7. The number of amides is 2. The number of nitrogens with zero attached hydrogens (tertiary/aromatic N) is 3. The number of anilines is 1. The van der Waals surface area contributed by atoms with E-state index in [1.54, 1.807) is 49.8 Å². The Labute approximate surface area is 258 Å². The van der Waals surface area contributed by atoms with Crippen LogP contribution in [-0.2, 0) is 20.8 Å². The van der Waals surface area contributed by atoms with E-state index in [-0.39, 0.29) is 41.1 Å². The van der Waals surface area contributed by atoms with Crippen LogP contribution in [0.2, 0.25) is 0 Å². The summed E-state index contributed by atoms with van der Waals surface area (Å²) >= 11 is 3.30. The molecule has 1 atom stereocenters. The molecule has 0 aliphatic heterocycles. The van der Waals surface area contributed by atoms with Gasteiger partial charge in [0.15, 0.2) is 11.0 Å². The number of carbonyl (C=O) groups is 4. The normalized spacial score (nSPS) is 11.6. The average Bonchev–Trinajstić information content (AvgIpc) is 3.72. The van der Waals surface area contributed by atoms with Crippen molar-refractivity contribution in [2.75, 3.05) is 18.5 Å². The minimum Gasteiger partial charge on any atom is -0.462 e. The third-order valence-electron chi connectivity index (χ3n) is 5.91. The van der Waals surface area contributed by atoms with Crippen molar-refractivity contribution in [1.29, 1.82) is 0 Å². The Morgan fingerprint density at radius 3 is 2.40 bits per heavy atom. The third-order valence-corrected chi connectivity index (χ3v) is 9.01. The molecule has 15 heteroatoms. The van der Waals surface area contributed by atoms with Crippen LogP contribution in [-0.4, -0.2) is 57.0 Å². The monoisotopic (exact) mass is 645 g/mol. The van der Waals surface area contributed by atoms with Gasteiger partial charge in [0.25, 0.3) is 5.91 Å². The summed E-state index contributed by atoms with van der Waals surface area (Å²) in [6.45, 7) is 6.83. The summed E-state index contributed by atoms with van der Waals surface area (Å²) in [5.74, 6) is -2.11. The predicted molar refractivity (Wildman–Crippen MR) is 162 cm³/mol. The number of thiophene rings is 2. The molecule has 0 radical (unpaired) electrons. The molecular formula is C28H28FN5O6S3. The highest BCUT2D eigenvalue weighted by molar-refractivity contribution is 8.00. The number of halogens is 1. The molecule has 0 bridgehead atoms. The van der Waals surface area contributed by atoms with Crippen molar-refractivity contribution < 1.29 is 33.0 Å². The smallest absolute Gasteiger partial charge is 0.348 e. The van der Waals surface area contributed by atoms with Gasteiger partial charge in [-0.3, -0.25) is 14.2 Å². The number of aromatic nitrogens is 3. The number of benzene rings is 1. The molecule has 0 aliphatic carbocycles. The van der Waals surface area contributed by atoms with Gasteiger partial charge in [-0.05, 0) is 69.0 Å². The highest BCUT2D eigenvalue weighted by Gasteiger charge is 2.29. The van der Waals surface area contributed by atoms with E-state index in [4.69, 9.17) is 9.47 Å². The second-order valence-corrected chi connectivity index (χ2v) is 12.1. The van der Waals surface area contributed by atoms with Gasteiger partial charge in [0.1, 0.15) is 15.7 Å². The molecule has 2 N–H and O–H groups in total. The van der Waals surface area contributed by atoms with Crippen LogP contribution >= 0.6 is 34.4 Å². The lowest BCUT2D eigenvalue weighted by molar-refractivity contribution is -0.115. The Morgan fingerprint density at radius 2 is 1.74 bits per heavy atom. The zero-order valence-corrected chi connectivity index (χ0v) is 26.1. The van der Waals surface area contributed by atoms with Gasteiger partial charge >= 0.3 is 11.9 Å². The van der Waals surface area contributed by atoms with Crippen LogP contribution in [0.4, 0.5) is 9.39 Å². The maximum absolute atomic E-state index is 13.7. The minimum atomic E-state index is -0.763. The number of rotatable bonds is 12. The zero-order valence-electron chi connectivity index (χ0n) is 23.6. The molecule has 0 unspecified atom stereocenters. The summed E-state index contributed by atoms with van der Waals surface area (Å²) in [5.41, 5.74) is 0.959. The predicted octanol–water partition coefficient (Wildman–Crippen LogP) is 5.24. The Bertz CT molecular complexity index is 1620. The number of carbonyl (C=O) groups excluding carboxylic acids is 4. The number of ether oxygens (including phenoxy) is 2. The van der Waals surface area contributed by atoms with Crippen molar-refractivity contribution in [1.82, 2.24) is 20.1 Å². The van der Waals surface area contributed by atoms with E-state index in [0.717, 1.165) is 23.1 Å². The fourth-order valence-electron chi connectivity index (χ4n) is 3.86. The van der Waals surface area contributed by atoms with Gasteiger partial charge in [0.05, 0.1) is 35.4 Å². The number of hydrogen-bond acceptors (Lipinski definition) is 11. The molecular weight excluding hydrogens is 618 g/mol. The van der Waals surface area contributed by atoms with E-state index in [1.165, 1.54) is 35.6 Å². The van der Waals surface area contributed by atoms with Crippen molar-refractivity contribution in [2.24, 2.45) is 0 Å². The van der Waals surface area contributed by atoms with Gasteiger partial charge in [-0.25, -0.2) is 14.0 Å². The van der Waals surface area contributed by atoms with Crippen LogP contribution in [0.25, 0.3) is 5.69 Å². The summed E-state index contributed by atoms with van der Waals surface area (Å²) < 4.78 is 25.6. The highest BCUT2D eigenvalue weighted by atomic mass is 32.2. The zero-order chi connectivity index (χ0) is 31.1. The van der Waals surface area contributed by atoms with Crippen LogP contribution in [0, 0.1) is 12.7 Å². The van der Waals surface area contributed by atoms with Crippen LogP contribution < -0.4 is 10.6 Å². The van der Waals surface area contributed by atoms with Crippen molar-refractivity contribution in [2.45, 2.75) is 44.6 Å². The molecule has 4 rings (SSSR count). The van der Waals surface area contributed by atoms with Gasteiger partial charge < -0.3 is 20.1 Å². The first kappa shape index (κ1) is 31.8. The van der Waals surface area contributed by atoms with E-state index >= 15 is 0 Å². The number of hydrogen-bond donors (Lipinski definition) is 2. The third kappa shape index (κ3) is 7.47. The second kappa shape index (κ2) is 14.4. The molecule has 43 heavy (non-hydrogen) atoms. The van der Waals surface area contributed by atoms with Gasteiger partial charge in [-0.1, -0.05) is 17.8 Å². The topological polar surface area (TPSA) is 142 Å². The molecule has 0 saturated heterocycles. The Morgan fingerprint density at radius 1 is 1.05 bits per heavy atom. The van der Waals surface area contributed by atoms with Crippen LogP contribution in [0.15, 0.2) is 46.9 Å². The molecule has 4 aromatic rings. The van der Waals surface area contributed by atoms with Gasteiger partial charge in [0, 0.05) is 5.69 Å². The molecule has 0 fully saturated rings. The first-order chi connectivity index (χ1) is 20.6. The minimum absolute atomic E-state index is 0.0241. The SMILES string of the molecule is CCOC(=O)c1sc(NC(=O)[C@H](C)Sc2nnc(CNC(=O)c3cccs3)n2-c2ccc(F)cc2)c(C(=O)OCC)c1C. The largest absolute Gasteiger partial charge is 0.462 e. The summed E-state index contributed by atoms with van der Waals surface area (Å²) in [5, 5.41) is 15.5. The van der Waals surface area contributed by atoms with Crippen molar-refractivity contribution >= 4 is 63.2 Å². The molecule has 2 amide bonds. The second-order valence-electron chi connectivity index (χ2n) is 8.82. The number of esters is 2. The molecule has 226 valence electrons. The van der Waals surface area contributed by atoms with Crippen LogP contribution in [0.3, 0.4) is 0 Å². The Hall–Kier alpha value is -4.08. The van der Waals surface area contributed by atoms with Crippen molar-refractivity contribution in [3.8, 4) is 5.69 Å². The molecule has 3 aromatic heterocycles. The van der Waals surface area contributed by atoms with Crippen molar-refractivity contribution in [3.63, 3.8) is 0 Å². The summed E-state index contributed by atoms with van der Waals surface area (Å²) in [7, 11) is 0. The van der Waals surface area contributed by atoms with E-state index in [2.05, 4.69) is 20.8 Å². The quantitative estimate of drug-likeness (QED) is 0.156. The van der Waals surface area contributed by atoms with E-state index in [0.29, 0.717) is 27.1 Å². The first-order valence-electron chi connectivity index (χ1n) is 13.1. The van der Waals surface area contributed by atoms with Gasteiger partial charge in [0.2, 0.25) is 5.91 Å². The maximum Gasteiger partial charge on any atom is 0.348 e. The summed E-state index contributed by atoms with van der Waals surface area (Å²) in [6, 6.07) is 9.11. The lowest BCUT2D eigenvalue weighted by Gasteiger charge is -2.14. The fraction of sp³-hybridized carbons (Fsp3) is 0.286. The summed E-state index contributed by atoms with van der Waals surface area (Å²) in [4.78, 5) is 51.8. The molecule has 0 spiro atoms. The lowest BCUT2D eigenvalue weighted by Crippen LogP contribution is -2.25. The first-order valence-corrected chi connectivity index (χ1v) is 15.7. The van der Waals surface area contributed by atoms with E-state index < -0.39 is 28.9 Å². The van der Waals surface area contributed by atoms with Crippen molar-refractivity contribution in [3.05, 3.63) is 74.3 Å². The van der Waals surface area contributed by atoms with E-state index in [9.17, 15) is 23.6 Å². The molecule has 11 nitrogen and oxygen atoms in total. The molecule has 3 heterocycles. The average molecular weight is 646 g/mol. The summed E-state index contributed by atoms with van der Waals surface area (Å²) in [6.07, 6.45) is 0. The highest BCUT2D eigenvalue weighted by Crippen LogP contribution is 2.35. The molecule has 0 saturated carbocycles. The van der Waals surface area contributed by atoms with Crippen LogP contribution in [0.1, 0.15) is 61.9 Å². The van der Waals surface area contributed by atoms with Crippen LogP contribution in [0.5, 0.6) is 0 Å². The van der Waals surface area contributed by atoms with Gasteiger partial charge in [-0.15, -0.1) is 32.9 Å². The fourth-order valence-corrected chi connectivity index (χ4v) is 6.48. The number of nitrogens with one attached hydrogen (secondary N) is 2. The molecule has 1 aromatic carbocycles. The Kier molecular flexibility index (Phi) is 10.7. The van der Waals surface area contributed by atoms with Gasteiger partial charge in [-0.2, -0.15) is 0 Å².